The number of carbonyl (C=O) groups excluding carboxylic acids is 1. The van der Waals surface area contributed by atoms with E-state index in [2.05, 4.69) is 0 Å². The molecule has 0 saturated heterocycles. The van der Waals surface area contributed by atoms with Crippen LogP contribution in [0.4, 0.5) is 18.0 Å². The van der Waals surface area contributed by atoms with Gasteiger partial charge in [0, 0.05) is 6.04 Å². The monoisotopic (exact) mass is 170 g/mol. The third-order valence-corrected chi connectivity index (χ3v) is 0.675. The van der Waals surface area contributed by atoms with Gasteiger partial charge in [0.1, 0.15) is 0 Å². The number of hydrogen-bond acceptors (Lipinski definition) is 1. The van der Waals surface area contributed by atoms with Gasteiger partial charge in [-0.3, -0.25) is 0 Å². The summed E-state index contributed by atoms with van der Waals surface area (Å²) < 4.78 is 34.2. The number of rotatable bonds is 1. The van der Waals surface area contributed by atoms with E-state index in [9.17, 15) is 18.0 Å². The Labute approximate surface area is 62.0 Å². The minimum Gasteiger partial charge on any atom is -0.336 e. The third kappa shape index (κ3) is 6.95. The molecule has 0 unspecified atom stereocenters. The molecule has 0 heterocycles. The number of alkyl halides is 3. The summed E-state index contributed by atoms with van der Waals surface area (Å²) in [6.07, 6.45) is -4.65. The highest BCUT2D eigenvalue weighted by Crippen LogP contribution is 2.08. The number of urea groups is 1. The Morgan fingerprint density at radius 2 is 1.82 bits per heavy atom. The Hall–Kier alpha value is -0.940. The van der Waals surface area contributed by atoms with Crippen LogP contribution in [0, 0.1) is 0 Å². The average Bonchev–Trinajstić information content (AvgIpc) is 1.53. The van der Waals surface area contributed by atoms with Gasteiger partial charge in [0.25, 0.3) is 0 Å². The normalized spacial score (nSPS) is 11.5. The molecule has 0 saturated carbocycles. The summed E-state index contributed by atoms with van der Waals surface area (Å²) in [6, 6.07) is -1.54. The summed E-state index contributed by atoms with van der Waals surface area (Å²) >= 11 is 0. The van der Waals surface area contributed by atoms with E-state index in [1.54, 1.807) is 13.8 Å². The fourth-order valence-electron chi connectivity index (χ4n) is 0.427. The second-order valence-corrected chi connectivity index (χ2v) is 2.25. The van der Waals surface area contributed by atoms with E-state index in [0.717, 1.165) is 5.32 Å². The largest absolute Gasteiger partial charge is 0.485 e. The van der Waals surface area contributed by atoms with Crippen LogP contribution in [-0.2, 0) is 0 Å². The van der Waals surface area contributed by atoms with Gasteiger partial charge >= 0.3 is 12.3 Å². The molecule has 3 nitrogen and oxygen atoms in total. The Morgan fingerprint density at radius 1 is 1.36 bits per heavy atom. The second kappa shape index (κ2) is 3.45. The van der Waals surface area contributed by atoms with E-state index in [0.29, 0.717) is 0 Å². The Kier molecular flexibility index (Phi) is 3.16. The summed E-state index contributed by atoms with van der Waals surface area (Å²) in [5, 5.41) is 2.83. The molecule has 66 valence electrons. The van der Waals surface area contributed by atoms with Crippen molar-refractivity contribution in [2.24, 2.45) is 0 Å². The van der Waals surface area contributed by atoms with Gasteiger partial charge in [-0.2, -0.15) is 13.2 Å². The topological polar surface area (TPSA) is 41.1 Å². The lowest BCUT2D eigenvalue weighted by Gasteiger charge is -2.11. The first kappa shape index (κ1) is 10.1. The van der Waals surface area contributed by atoms with E-state index in [-0.39, 0.29) is 6.04 Å². The Bertz CT molecular complexity index is 143. The zero-order valence-corrected chi connectivity index (χ0v) is 6.12. The standard InChI is InChI=1S/C5H9F3N2O/c1-3(2)9-4(11)10-5(6,7)8/h3H,1-2H3,(H2,9,10,11). The van der Waals surface area contributed by atoms with Crippen molar-refractivity contribution in [3.05, 3.63) is 0 Å². The van der Waals surface area contributed by atoms with Crippen molar-refractivity contribution in [1.82, 2.24) is 10.6 Å². The SMILES string of the molecule is CC(C)NC(=O)NC(F)(F)F. The predicted octanol–water partition coefficient (Wildman–Crippen LogP) is 1.21. The molecule has 0 aliphatic carbocycles. The van der Waals surface area contributed by atoms with Crippen molar-refractivity contribution in [2.45, 2.75) is 26.2 Å². The molecule has 0 aromatic heterocycles. The summed E-state index contributed by atoms with van der Waals surface area (Å²) in [5.41, 5.74) is 0. The quantitative estimate of drug-likeness (QED) is 0.570. The Balaban J connectivity index is 3.71. The van der Waals surface area contributed by atoms with Crippen molar-refractivity contribution < 1.29 is 18.0 Å². The highest BCUT2D eigenvalue weighted by Gasteiger charge is 2.29. The van der Waals surface area contributed by atoms with Crippen molar-refractivity contribution in [3.63, 3.8) is 0 Å². The molecule has 2 amide bonds. The molecule has 2 N–H and O–H groups in total. The molecule has 0 bridgehead atoms. The molecule has 0 atom stereocenters. The van der Waals surface area contributed by atoms with Crippen molar-refractivity contribution in [2.75, 3.05) is 0 Å². The molecule has 0 radical (unpaired) electrons. The van der Waals surface area contributed by atoms with Gasteiger partial charge in [0.05, 0.1) is 0 Å². The van der Waals surface area contributed by atoms with Crippen LogP contribution in [0.2, 0.25) is 0 Å². The zero-order valence-electron chi connectivity index (χ0n) is 6.12. The minimum atomic E-state index is -4.65. The first-order chi connectivity index (χ1) is 4.81. The predicted molar refractivity (Wildman–Crippen MR) is 32.9 cm³/mol. The molecular weight excluding hydrogens is 161 g/mol. The number of amides is 2. The first-order valence-electron chi connectivity index (χ1n) is 2.96. The van der Waals surface area contributed by atoms with Crippen LogP contribution in [0.1, 0.15) is 13.8 Å². The van der Waals surface area contributed by atoms with Crippen LogP contribution in [-0.4, -0.2) is 18.4 Å². The number of carbonyl (C=O) groups is 1. The van der Waals surface area contributed by atoms with Gasteiger partial charge in [0.15, 0.2) is 0 Å². The highest BCUT2D eigenvalue weighted by atomic mass is 19.4. The first-order valence-corrected chi connectivity index (χ1v) is 2.96. The maximum atomic E-state index is 11.4. The highest BCUT2D eigenvalue weighted by molar-refractivity contribution is 5.74. The summed E-state index contributed by atoms with van der Waals surface area (Å²) in [6.45, 7) is 3.13. The van der Waals surface area contributed by atoms with Crippen LogP contribution in [0.25, 0.3) is 0 Å². The molecule has 0 fully saturated rings. The van der Waals surface area contributed by atoms with E-state index in [4.69, 9.17) is 0 Å². The lowest BCUT2D eigenvalue weighted by Crippen LogP contribution is -2.46. The van der Waals surface area contributed by atoms with Gasteiger partial charge in [-0.15, -0.1) is 0 Å². The van der Waals surface area contributed by atoms with Gasteiger partial charge in [-0.1, -0.05) is 0 Å². The van der Waals surface area contributed by atoms with Crippen LogP contribution in [0.3, 0.4) is 0 Å². The minimum absolute atomic E-state index is 0.308. The maximum Gasteiger partial charge on any atom is 0.485 e. The van der Waals surface area contributed by atoms with Crippen molar-refractivity contribution >= 4 is 6.03 Å². The molecule has 0 aliphatic rings. The van der Waals surface area contributed by atoms with Gasteiger partial charge in [-0.05, 0) is 13.8 Å². The molecule has 0 aliphatic heterocycles. The van der Waals surface area contributed by atoms with E-state index >= 15 is 0 Å². The van der Waals surface area contributed by atoms with Crippen LogP contribution >= 0.6 is 0 Å². The van der Waals surface area contributed by atoms with E-state index < -0.39 is 12.3 Å². The van der Waals surface area contributed by atoms with Crippen molar-refractivity contribution in [1.29, 1.82) is 0 Å². The molecular formula is C5H9F3N2O. The average molecular weight is 170 g/mol. The van der Waals surface area contributed by atoms with Crippen molar-refractivity contribution in [3.8, 4) is 0 Å². The molecule has 0 aromatic carbocycles. The zero-order chi connectivity index (χ0) is 9.07. The Morgan fingerprint density at radius 3 is 2.09 bits per heavy atom. The molecule has 0 aromatic rings. The van der Waals surface area contributed by atoms with Gasteiger partial charge in [-0.25, -0.2) is 10.1 Å². The molecule has 6 heteroatoms. The number of hydrogen-bond donors (Lipinski definition) is 2. The molecule has 0 spiro atoms. The van der Waals surface area contributed by atoms with E-state index in [1.165, 1.54) is 0 Å². The molecule has 0 rings (SSSR count). The summed E-state index contributed by atoms with van der Waals surface area (Å²) in [7, 11) is 0. The van der Waals surface area contributed by atoms with Gasteiger partial charge in [0.2, 0.25) is 0 Å². The fourth-order valence-corrected chi connectivity index (χ4v) is 0.427. The van der Waals surface area contributed by atoms with Crippen LogP contribution in [0.15, 0.2) is 0 Å². The smallest absolute Gasteiger partial charge is 0.336 e. The third-order valence-electron chi connectivity index (χ3n) is 0.675. The second-order valence-electron chi connectivity index (χ2n) is 2.25. The summed E-state index contributed by atoms with van der Waals surface area (Å²) in [4.78, 5) is 10.3. The lowest BCUT2D eigenvalue weighted by molar-refractivity contribution is -0.145. The number of nitrogens with one attached hydrogen (secondary N) is 2. The van der Waals surface area contributed by atoms with Gasteiger partial charge < -0.3 is 5.32 Å². The van der Waals surface area contributed by atoms with Crippen LogP contribution in [0.5, 0.6) is 0 Å². The summed E-state index contributed by atoms with van der Waals surface area (Å²) in [5.74, 6) is 0. The number of halogens is 3. The lowest BCUT2D eigenvalue weighted by atomic mass is 10.4. The molecule has 11 heavy (non-hydrogen) atoms. The van der Waals surface area contributed by atoms with E-state index in [1.807, 2.05) is 5.32 Å². The van der Waals surface area contributed by atoms with Crippen LogP contribution < -0.4 is 10.6 Å². The fraction of sp³-hybridized carbons (Fsp3) is 0.800. The maximum absolute atomic E-state index is 11.4.